The maximum Gasteiger partial charge on any atom is 0.164 e. The molecule has 5 aliphatic rings. The Morgan fingerprint density at radius 1 is 1.16 bits per heavy atom. The van der Waals surface area contributed by atoms with E-state index in [-0.39, 0.29) is 16.8 Å². The summed E-state index contributed by atoms with van der Waals surface area (Å²) < 4.78 is 7.05. The largest absolute Gasteiger partial charge is 0.385 e. The fourth-order valence-corrected chi connectivity index (χ4v) is 8.08. The minimum absolute atomic E-state index is 0.0562. The van der Waals surface area contributed by atoms with Crippen LogP contribution in [0.5, 0.6) is 0 Å². The van der Waals surface area contributed by atoms with Crippen LogP contribution in [0.1, 0.15) is 63.4 Å². The molecule has 1 saturated heterocycles. The molecule has 6 atom stereocenters. The SMILES string of the molecule is C[C@]12CC=C3C=C4C[C@H](O)C(=O)C[C@]45CC[C@]3(O5)[C@@H]1CC[C@@H]2c1ccc2ccncc2c1. The first-order chi connectivity index (χ1) is 15.4. The van der Waals surface area contributed by atoms with E-state index in [9.17, 15) is 9.90 Å². The van der Waals surface area contributed by atoms with Gasteiger partial charge < -0.3 is 9.84 Å². The zero-order valence-electron chi connectivity index (χ0n) is 18.5. The van der Waals surface area contributed by atoms with Gasteiger partial charge in [-0.1, -0.05) is 31.2 Å². The summed E-state index contributed by atoms with van der Waals surface area (Å²) in [6.07, 6.45) is 13.7. The van der Waals surface area contributed by atoms with E-state index in [4.69, 9.17) is 4.74 Å². The van der Waals surface area contributed by atoms with Gasteiger partial charge in [0.15, 0.2) is 5.78 Å². The van der Waals surface area contributed by atoms with E-state index in [1.807, 2.05) is 12.4 Å². The topological polar surface area (TPSA) is 59.4 Å². The fourth-order valence-electron chi connectivity index (χ4n) is 8.08. The van der Waals surface area contributed by atoms with E-state index in [1.165, 1.54) is 28.3 Å². The van der Waals surface area contributed by atoms with E-state index in [0.29, 0.717) is 24.7 Å². The van der Waals surface area contributed by atoms with Crippen LogP contribution in [0.2, 0.25) is 0 Å². The first kappa shape index (κ1) is 19.2. The van der Waals surface area contributed by atoms with Crippen molar-refractivity contribution in [3.63, 3.8) is 0 Å². The summed E-state index contributed by atoms with van der Waals surface area (Å²) in [6, 6.07) is 8.97. The molecule has 1 aromatic carbocycles. The highest BCUT2D eigenvalue weighted by Gasteiger charge is 2.67. The highest BCUT2D eigenvalue weighted by atomic mass is 16.5. The molecule has 7 rings (SSSR count). The molecule has 2 aliphatic heterocycles. The Morgan fingerprint density at radius 3 is 2.97 bits per heavy atom. The number of aliphatic hydroxyl groups excluding tert-OH is 1. The van der Waals surface area contributed by atoms with E-state index < -0.39 is 11.7 Å². The summed E-state index contributed by atoms with van der Waals surface area (Å²) in [6.45, 7) is 2.47. The number of hydrogen-bond acceptors (Lipinski definition) is 4. The van der Waals surface area contributed by atoms with Crippen LogP contribution in [-0.2, 0) is 9.53 Å². The molecule has 4 heteroatoms. The number of hydrogen-bond donors (Lipinski definition) is 1. The molecule has 2 bridgehead atoms. The standard InChI is InChI=1S/C28H29NO3/c1-26-8-6-20-13-21-14-23(30)24(31)15-27(21)9-10-28(20,32-27)25(26)5-4-22(26)18-3-2-17-7-11-29-16-19(17)12-18/h2-3,6-7,11-13,16,22-23,25,30H,4-5,8-10,14-15H2,1H3/t22-,23+,25-,26-,27-,28-/m1/s1. The first-order valence-electron chi connectivity index (χ1n) is 12.1. The molecule has 0 unspecified atom stereocenters. The fraction of sp³-hybridized carbons (Fsp3) is 0.500. The Bertz CT molecular complexity index is 1230. The van der Waals surface area contributed by atoms with Gasteiger partial charge in [0.05, 0.1) is 11.2 Å². The number of nitrogens with zero attached hydrogens (tertiary/aromatic N) is 1. The molecule has 2 spiro atoms. The Hall–Kier alpha value is -2.30. The van der Waals surface area contributed by atoms with Gasteiger partial charge in [-0.2, -0.15) is 0 Å². The van der Waals surface area contributed by atoms with Crippen LogP contribution in [0.3, 0.4) is 0 Å². The maximum absolute atomic E-state index is 12.4. The maximum atomic E-state index is 12.4. The molecule has 2 aromatic rings. The lowest BCUT2D eigenvalue weighted by Gasteiger charge is -2.54. The number of pyridine rings is 1. The number of carbonyl (C=O) groups is 1. The second-order valence-electron chi connectivity index (χ2n) is 11.1. The van der Waals surface area contributed by atoms with Gasteiger partial charge in [0.25, 0.3) is 0 Å². The summed E-state index contributed by atoms with van der Waals surface area (Å²) in [5.74, 6) is 0.882. The van der Waals surface area contributed by atoms with Crippen LogP contribution >= 0.6 is 0 Å². The molecule has 1 aromatic heterocycles. The summed E-state index contributed by atoms with van der Waals surface area (Å²) >= 11 is 0. The second kappa shape index (κ2) is 6.18. The van der Waals surface area contributed by atoms with Gasteiger partial charge in [0.2, 0.25) is 0 Å². The molecule has 0 amide bonds. The summed E-state index contributed by atoms with van der Waals surface area (Å²) in [4.78, 5) is 16.8. The number of ketones is 1. The number of aromatic nitrogens is 1. The minimum Gasteiger partial charge on any atom is -0.385 e. The normalized spacial score (nSPS) is 42.2. The molecule has 2 saturated carbocycles. The van der Waals surface area contributed by atoms with Crippen LogP contribution in [0.4, 0.5) is 0 Å². The molecule has 164 valence electrons. The van der Waals surface area contributed by atoms with Crippen molar-refractivity contribution in [3.05, 3.63) is 65.5 Å². The van der Waals surface area contributed by atoms with Gasteiger partial charge in [-0.25, -0.2) is 0 Å². The van der Waals surface area contributed by atoms with Gasteiger partial charge in [0, 0.05) is 30.6 Å². The number of rotatable bonds is 1. The highest BCUT2D eigenvalue weighted by molar-refractivity contribution is 5.87. The lowest BCUT2D eigenvalue weighted by Crippen LogP contribution is -2.55. The Balaban J connectivity index is 1.31. The van der Waals surface area contributed by atoms with Crippen molar-refractivity contribution < 1.29 is 14.6 Å². The molecule has 3 aliphatic carbocycles. The monoisotopic (exact) mass is 427 g/mol. The molecule has 3 fully saturated rings. The third-order valence-corrected chi connectivity index (χ3v) is 9.65. The third kappa shape index (κ3) is 2.30. The van der Waals surface area contributed by atoms with Crippen LogP contribution in [-0.4, -0.2) is 33.2 Å². The summed E-state index contributed by atoms with van der Waals surface area (Å²) in [5, 5.41) is 12.6. The Morgan fingerprint density at radius 2 is 2.06 bits per heavy atom. The van der Waals surface area contributed by atoms with Crippen molar-refractivity contribution in [3.8, 4) is 0 Å². The minimum atomic E-state index is -0.865. The third-order valence-electron chi connectivity index (χ3n) is 9.65. The lowest BCUT2D eigenvalue weighted by atomic mass is 9.58. The predicted octanol–water partition coefficient (Wildman–Crippen LogP) is 5.02. The summed E-state index contributed by atoms with van der Waals surface area (Å²) in [7, 11) is 0. The van der Waals surface area contributed by atoms with Gasteiger partial charge in [-0.05, 0) is 83.6 Å². The van der Waals surface area contributed by atoms with Gasteiger partial charge in [-0.15, -0.1) is 0 Å². The van der Waals surface area contributed by atoms with Crippen LogP contribution in [0.25, 0.3) is 10.8 Å². The lowest BCUT2D eigenvalue weighted by molar-refractivity contribution is -0.154. The second-order valence-corrected chi connectivity index (χ2v) is 11.1. The van der Waals surface area contributed by atoms with E-state index in [0.717, 1.165) is 31.3 Å². The molecule has 3 heterocycles. The Kier molecular flexibility index (Phi) is 3.71. The van der Waals surface area contributed by atoms with E-state index in [2.05, 4.69) is 48.3 Å². The zero-order valence-corrected chi connectivity index (χ0v) is 18.5. The van der Waals surface area contributed by atoms with Crippen molar-refractivity contribution in [1.82, 2.24) is 4.98 Å². The van der Waals surface area contributed by atoms with Gasteiger partial charge in [0.1, 0.15) is 6.10 Å². The zero-order chi connectivity index (χ0) is 21.7. The first-order valence-corrected chi connectivity index (χ1v) is 12.1. The van der Waals surface area contributed by atoms with Crippen molar-refractivity contribution in [2.45, 2.75) is 75.1 Å². The number of ether oxygens (including phenoxy) is 1. The number of allylic oxidation sites excluding steroid dienone is 1. The number of aliphatic hydroxyl groups is 1. The molecule has 4 nitrogen and oxygen atoms in total. The van der Waals surface area contributed by atoms with Crippen LogP contribution in [0, 0.1) is 11.3 Å². The number of carbonyl (C=O) groups excluding carboxylic acids is 1. The molecule has 32 heavy (non-hydrogen) atoms. The van der Waals surface area contributed by atoms with E-state index >= 15 is 0 Å². The highest BCUT2D eigenvalue weighted by Crippen LogP contribution is 2.69. The molecule has 1 N–H and O–H groups in total. The smallest absolute Gasteiger partial charge is 0.164 e. The summed E-state index contributed by atoms with van der Waals surface area (Å²) in [5.41, 5.74) is 3.26. The van der Waals surface area contributed by atoms with Gasteiger partial charge in [-0.3, -0.25) is 9.78 Å². The van der Waals surface area contributed by atoms with Crippen LogP contribution < -0.4 is 0 Å². The Labute approximate surface area is 188 Å². The van der Waals surface area contributed by atoms with Crippen molar-refractivity contribution in [2.24, 2.45) is 11.3 Å². The van der Waals surface area contributed by atoms with Crippen molar-refractivity contribution in [1.29, 1.82) is 0 Å². The molecule has 0 radical (unpaired) electrons. The average Bonchev–Trinajstić information content (AvgIpc) is 3.31. The molecular weight excluding hydrogens is 398 g/mol. The van der Waals surface area contributed by atoms with Crippen LogP contribution in [0.15, 0.2) is 60.0 Å². The number of benzene rings is 1. The van der Waals surface area contributed by atoms with Crippen molar-refractivity contribution >= 4 is 16.6 Å². The predicted molar refractivity (Wildman–Crippen MR) is 122 cm³/mol. The quantitative estimate of drug-likeness (QED) is 0.695. The van der Waals surface area contributed by atoms with E-state index in [1.54, 1.807) is 0 Å². The molecular formula is C28H29NO3. The average molecular weight is 428 g/mol. The number of Topliss-reactive ketones (excluding diaryl/α,β-unsaturated/α-hetero) is 1. The van der Waals surface area contributed by atoms with Gasteiger partial charge >= 0.3 is 0 Å². The van der Waals surface area contributed by atoms with Crippen molar-refractivity contribution in [2.75, 3.05) is 0 Å². The number of fused-ring (bicyclic) bond motifs is 2.